The Morgan fingerprint density at radius 2 is 2.29 bits per heavy atom. The predicted molar refractivity (Wildman–Crippen MR) is 38.1 cm³/mol. The van der Waals surface area contributed by atoms with Gasteiger partial charge in [0.05, 0.1) is 0 Å². The monoisotopic (exact) mass is 230 g/mol. The van der Waals surface area contributed by atoms with E-state index in [1.807, 2.05) is 6.92 Å². The Balaban J connectivity index is 2.83. The fraction of sp³-hybridized carbons (Fsp3) is 1.00. The lowest BCUT2D eigenvalue weighted by atomic mass is 10.8. The lowest BCUT2D eigenvalue weighted by molar-refractivity contribution is 0.145. The van der Waals surface area contributed by atoms with Crippen LogP contribution in [0.2, 0.25) is 0 Å². The quantitative estimate of drug-likeness (QED) is 0.677. The highest BCUT2D eigenvalue weighted by Gasteiger charge is 1.95. The van der Waals surface area contributed by atoms with Crippen molar-refractivity contribution < 1.29 is 4.74 Å². The van der Waals surface area contributed by atoms with Gasteiger partial charge in [-0.1, -0.05) is 31.9 Å². The molecule has 0 aliphatic heterocycles. The van der Waals surface area contributed by atoms with E-state index < -0.39 is 0 Å². The number of hydrogen-bond donors (Lipinski definition) is 0. The second-order valence-corrected chi connectivity index (χ2v) is 2.69. The fourth-order valence-corrected chi connectivity index (χ4v) is 0.677. The van der Waals surface area contributed by atoms with Gasteiger partial charge in [0.2, 0.25) is 0 Å². The zero-order chi connectivity index (χ0) is 5.70. The van der Waals surface area contributed by atoms with E-state index in [0.717, 1.165) is 11.9 Å². The van der Waals surface area contributed by atoms with Crippen molar-refractivity contribution in [2.45, 2.75) is 11.9 Å². The fourth-order valence-electron chi connectivity index (χ4n) is 0.225. The van der Waals surface area contributed by atoms with Crippen LogP contribution in [0.1, 0.15) is 6.92 Å². The predicted octanol–water partition coefficient (Wildman–Crippen LogP) is 2.14. The maximum Gasteiger partial charge on any atom is 0.122 e. The molecule has 1 unspecified atom stereocenters. The Morgan fingerprint density at radius 3 is 2.43 bits per heavy atom. The third-order valence-corrected chi connectivity index (χ3v) is 2.51. The van der Waals surface area contributed by atoms with Crippen LogP contribution in [0, 0.1) is 0 Å². The molecule has 0 N–H and O–H groups in total. The molecular weight excluding hydrogens is 224 g/mol. The topological polar surface area (TPSA) is 9.23 Å². The van der Waals surface area contributed by atoms with Crippen LogP contribution in [0.3, 0.4) is 0 Å². The smallest absolute Gasteiger partial charge is 0.122 e. The molecule has 0 amide bonds. The lowest BCUT2D eigenvalue weighted by Crippen LogP contribution is -2.03. The Morgan fingerprint density at radius 1 is 1.71 bits per heavy atom. The summed E-state index contributed by atoms with van der Waals surface area (Å²) in [6, 6.07) is 0. The SMILES string of the molecule is CCOC(Br)CBr. The highest BCUT2D eigenvalue weighted by molar-refractivity contribution is 9.12. The van der Waals surface area contributed by atoms with Crippen molar-refractivity contribution in [3.8, 4) is 0 Å². The van der Waals surface area contributed by atoms with E-state index in [1.54, 1.807) is 0 Å². The minimum atomic E-state index is 0.178. The molecule has 0 rings (SSSR count). The number of rotatable bonds is 3. The summed E-state index contributed by atoms with van der Waals surface area (Å²) < 4.78 is 5.06. The highest BCUT2D eigenvalue weighted by Crippen LogP contribution is 2.03. The second kappa shape index (κ2) is 5.06. The van der Waals surface area contributed by atoms with Crippen molar-refractivity contribution in [3.63, 3.8) is 0 Å². The number of halogens is 2. The van der Waals surface area contributed by atoms with Crippen LogP contribution in [-0.2, 0) is 4.74 Å². The summed E-state index contributed by atoms with van der Waals surface area (Å²) in [5.41, 5.74) is 0. The van der Waals surface area contributed by atoms with E-state index in [2.05, 4.69) is 31.9 Å². The molecule has 0 radical (unpaired) electrons. The Bertz CT molecular complexity index is 40.7. The normalized spacial score (nSPS) is 14.1. The third kappa shape index (κ3) is 4.78. The van der Waals surface area contributed by atoms with Gasteiger partial charge >= 0.3 is 0 Å². The molecule has 1 nitrogen and oxygen atoms in total. The van der Waals surface area contributed by atoms with Crippen LogP contribution < -0.4 is 0 Å². The molecule has 0 saturated carbocycles. The summed E-state index contributed by atoms with van der Waals surface area (Å²) >= 11 is 6.51. The molecule has 44 valence electrons. The molecule has 3 heteroatoms. The average Bonchev–Trinajstić information content (AvgIpc) is 1.68. The Labute approximate surface area is 60.7 Å². The van der Waals surface area contributed by atoms with Gasteiger partial charge in [0, 0.05) is 11.9 Å². The number of hydrogen-bond acceptors (Lipinski definition) is 1. The van der Waals surface area contributed by atoms with Gasteiger partial charge in [0.1, 0.15) is 5.01 Å². The molecule has 0 aromatic carbocycles. The van der Waals surface area contributed by atoms with Crippen LogP contribution in [0.5, 0.6) is 0 Å². The molecule has 0 saturated heterocycles. The summed E-state index contributed by atoms with van der Waals surface area (Å²) in [4.78, 5) is 0. The first-order valence-corrected chi connectivity index (χ1v) is 4.16. The zero-order valence-electron chi connectivity index (χ0n) is 4.16. The van der Waals surface area contributed by atoms with Crippen LogP contribution in [0.4, 0.5) is 0 Å². The minimum absolute atomic E-state index is 0.178. The van der Waals surface area contributed by atoms with E-state index in [9.17, 15) is 0 Å². The molecule has 1 atom stereocenters. The van der Waals surface area contributed by atoms with Crippen LogP contribution in [0.15, 0.2) is 0 Å². The summed E-state index contributed by atoms with van der Waals surface area (Å²) in [5, 5.41) is 1.03. The van der Waals surface area contributed by atoms with Gasteiger partial charge in [-0.2, -0.15) is 0 Å². The molecule has 0 aromatic rings. The molecule has 0 heterocycles. The molecule has 0 bridgehead atoms. The van der Waals surface area contributed by atoms with Crippen molar-refractivity contribution in [1.29, 1.82) is 0 Å². The standard InChI is InChI=1S/C4H8Br2O/c1-2-7-4(6)3-5/h4H,2-3H2,1H3. The first kappa shape index (κ1) is 7.92. The van der Waals surface area contributed by atoms with Gasteiger partial charge in [-0.15, -0.1) is 0 Å². The van der Waals surface area contributed by atoms with E-state index >= 15 is 0 Å². The van der Waals surface area contributed by atoms with Gasteiger partial charge in [-0.3, -0.25) is 0 Å². The van der Waals surface area contributed by atoms with Gasteiger partial charge < -0.3 is 4.74 Å². The first-order valence-electron chi connectivity index (χ1n) is 2.13. The maximum atomic E-state index is 5.06. The van der Waals surface area contributed by atoms with Crippen LogP contribution in [-0.4, -0.2) is 17.0 Å². The van der Waals surface area contributed by atoms with Gasteiger partial charge in [0.25, 0.3) is 0 Å². The van der Waals surface area contributed by atoms with Gasteiger partial charge in [-0.25, -0.2) is 0 Å². The second-order valence-electron chi connectivity index (χ2n) is 1.02. The van der Waals surface area contributed by atoms with Crippen molar-refractivity contribution in [2.24, 2.45) is 0 Å². The summed E-state index contributed by atoms with van der Waals surface area (Å²) in [5.74, 6) is 0. The Hall–Kier alpha value is 0.920. The van der Waals surface area contributed by atoms with Crippen LogP contribution >= 0.6 is 31.9 Å². The van der Waals surface area contributed by atoms with Gasteiger partial charge in [-0.05, 0) is 6.92 Å². The largest absolute Gasteiger partial charge is 0.366 e. The highest BCUT2D eigenvalue weighted by atomic mass is 79.9. The lowest BCUT2D eigenvalue weighted by Gasteiger charge is -2.02. The number of alkyl halides is 2. The molecule has 0 aliphatic carbocycles. The van der Waals surface area contributed by atoms with E-state index in [-0.39, 0.29) is 5.01 Å². The molecular formula is C4H8Br2O. The van der Waals surface area contributed by atoms with Gasteiger partial charge in [0.15, 0.2) is 0 Å². The average molecular weight is 232 g/mol. The van der Waals surface area contributed by atoms with Crippen molar-refractivity contribution >= 4 is 31.9 Å². The summed E-state index contributed by atoms with van der Waals surface area (Å²) in [7, 11) is 0. The van der Waals surface area contributed by atoms with E-state index in [0.29, 0.717) is 0 Å². The van der Waals surface area contributed by atoms with E-state index in [4.69, 9.17) is 4.74 Å². The van der Waals surface area contributed by atoms with Crippen molar-refractivity contribution in [3.05, 3.63) is 0 Å². The summed E-state index contributed by atoms with van der Waals surface area (Å²) in [6.45, 7) is 2.73. The molecule has 0 fully saturated rings. The summed E-state index contributed by atoms with van der Waals surface area (Å²) in [6.07, 6.45) is 0. The maximum absolute atomic E-state index is 5.06. The molecule has 0 aliphatic rings. The van der Waals surface area contributed by atoms with Crippen molar-refractivity contribution in [2.75, 3.05) is 11.9 Å². The molecule has 7 heavy (non-hydrogen) atoms. The molecule has 0 aromatic heterocycles. The van der Waals surface area contributed by atoms with Crippen molar-refractivity contribution in [1.82, 2.24) is 0 Å². The van der Waals surface area contributed by atoms with E-state index in [1.165, 1.54) is 0 Å². The number of ether oxygens (including phenoxy) is 1. The Kier molecular flexibility index (Phi) is 5.73. The minimum Gasteiger partial charge on any atom is -0.366 e. The third-order valence-electron chi connectivity index (χ3n) is 0.469. The zero-order valence-corrected chi connectivity index (χ0v) is 7.33. The van der Waals surface area contributed by atoms with Crippen LogP contribution in [0.25, 0.3) is 0 Å². The first-order chi connectivity index (χ1) is 3.31. The molecule has 0 spiro atoms.